The fraction of sp³-hybridized carbons (Fsp3) is 0.211. The van der Waals surface area contributed by atoms with E-state index in [0.717, 1.165) is 0 Å². The Morgan fingerprint density at radius 3 is 2.48 bits per heavy atom. The van der Waals surface area contributed by atoms with Crippen LogP contribution in [0.1, 0.15) is 5.56 Å². The van der Waals surface area contributed by atoms with Crippen molar-refractivity contribution in [2.45, 2.75) is 11.8 Å². The summed E-state index contributed by atoms with van der Waals surface area (Å²) in [5, 5.41) is 16.5. The monoisotopic (exact) mass is 418 g/mol. The minimum atomic E-state index is -3.62. The fourth-order valence-corrected chi connectivity index (χ4v) is 3.62. The molecule has 2 aromatic rings. The molecule has 0 aliphatic rings. The molecule has 29 heavy (non-hydrogen) atoms. The summed E-state index contributed by atoms with van der Waals surface area (Å²) in [4.78, 5) is 22.8. The molecular weight excluding hydrogens is 396 g/mol. The average Bonchev–Trinajstić information content (AvgIpc) is 2.68. The topological polar surface area (TPSA) is 122 Å². The van der Waals surface area contributed by atoms with Crippen LogP contribution in [0.5, 0.6) is 0 Å². The number of nitrogens with zero attached hydrogens (tertiary/aromatic N) is 2. The van der Waals surface area contributed by atoms with Crippen LogP contribution in [-0.4, -0.2) is 43.7 Å². The number of amides is 1. The lowest BCUT2D eigenvalue weighted by molar-refractivity contribution is -0.384. The van der Waals surface area contributed by atoms with Gasteiger partial charge in [-0.05, 0) is 42.8 Å². The Hall–Kier alpha value is -3.24. The molecule has 0 saturated heterocycles. The van der Waals surface area contributed by atoms with Crippen molar-refractivity contribution < 1.29 is 18.1 Å². The molecule has 0 radical (unpaired) electrons. The van der Waals surface area contributed by atoms with Crippen molar-refractivity contribution in [1.29, 1.82) is 0 Å². The van der Waals surface area contributed by atoms with E-state index in [1.54, 1.807) is 13.0 Å². The van der Waals surface area contributed by atoms with Crippen molar-refractivity contribution >= 4 is 33.0 Å². The first-order valence-electron chi connectivity index (χ1n) is 8.61. The number of sulfonamides is 1. The zero-order valence-electron chi connectivity index (χ0n) is 16.1. The first-order chi connectivity index (χ1) is 13.6. The van der Waals surface area contributed by atoms with E-state index in [4.69, 9.17) is 0 Å². The van der Waals surface area contributed by atoms with Gasteiger partial charge in [0.2, 0.25) is 15.9 Å². The van der Waals surface area contributed by atoms with E-state index in [0.29, 0.717) is 11.3 Å². The van der Waals surface area contributed by atoms with Crippen LogP contribution in [-0.2, 0) is 14.8 Å². The highest BCUT2D eigenvalue weighted by Crippen LogP contribution is 2.25. The van der Waals surface area contributed by atoms with Crippen LogP contribution in [0.25, 0.3) is 0 Å². The minimum absolute atomic E-state index is 0.110. The lowest BCUT2D eigenvalue weighted by atomic mass is 10.2. The molecule has 2 N–H and O–H groups in total. The van der Waals surface area contributed by atoms with Crippen molar-refractivity contribution in [3.63, 3.8) is 0 Å². The maximum Gasteiger partial charge on any atom is 0.293 e. The van der Waals surface area contributed by atoms with Crippen molar-refractivity contribution in [2.24, 2.45) is 0 Å². The van der Waals surface area contributed by atoms with Gasteiger partial charge in [0.05, 0.1) is 16.4 Å². The molecule has 9 nitrogen and oxygen atoms in total. The zero-order chi connectivity index (χ0) is 21.6. The third-order valence-electron chi connectivity index (χ3n) is 4.03. The molecule has 0 fully saturated rings. The predicted molar refractivity (Wildman–Crippen MR) is 111 cm³/mol. The normalized spacial score (nSPS) is 11.1. The third kappa shape index (κ3) is 5.62. The number of nitro groups is 1. The largest absolute Gasteiger partial charge is 0.376 e. The molecule has 0 aliphatic carbocycles. The molecule has 0 atom stereocenters. The van der Waals surface area contributed by atoms with Gasteiger partial charge in [0, 0.05) is 25.3 Å². The lowest BCUT2D eigenvalue weighted by Crippen LogP contribution is -2.27. The minimum Gasteiger partial charge on any atom is -0.376 e. The van der Waals surface area contributed by atoms with Crippen LogP contribution >= 0.6 is 0 Å². The van der Waals surface area contributed by atoms with E-state index in [9.17, 15) is 23.3 Å². The molecular formula is C19H22N4O5S. The molecule has 154 valence electrons. The number of carbonyl (C=O) groups excluding carboxylic acids is 1. The van der Waals surface area contributed by atoms with E-state index in [-0.39, 0.29) is 29.4 Å². The van der Waals surface area contributed by atoms with E-state index >= 15 is 0 Å². The van der Waals surface area contributed by atoms with Gasteiger partial charge in [-0.1, -0.05) is 12.1 Å². The summed E-state index contributed by atoms with van der Waals surface area (Å²) in [6, 6.07) is 10.5. The standard InChI is InChI=1S/C19H22N4O5S/c1-4-11-22(3)29(27,28)16-8-6-15(7-9-16)20-13-19(24)21-17-10-5-14(2)12-18(17)23(25)26/h4-10,12,20H,1,11,13H2,2-3H3,(H,21,24). The van der Waals surface area contributed by atoms with Crippen LogP contribution in [0.15, 0.2) is 60.0 Å². The van der Waals surface area contributed by atoms with Crippen molar-refractivity contribution in [1.82, 2.24) is 4.31 Å². The predicted octanol–water partition coefficient (Wildman–Crippen LogP) is 2.76. The number of hydrogen-bond donors (Lipinski definition) is 2. The van der Waals surface area contributed by atoms with Gasteiger partial charge in [-0.25, -0.2) is 8.42 Å². The van der Waals surface area contributed by atoms with Gasteiger partial charge in [-0.2, -0.15) is 4.31 Å². The fourth-order valence-electron chi connectivity index (χ4n) is 2.48. The number of hydrogen-bond acceptors (Lipinski definition) is 6. The van der Waals surface area contributed by atoms with Crippen molar-refractivity contribution in [2.75, 3.05) is 30.8 Å². The Morgan fingerprint density at radius 2 is 1.90 bits per heavy atom. The van der Waals surface area contributed by atoms with Gasteiger partial charge in [0.15, 0.2) is 0 Å². The van der Waals surface area contributed by atoms with Crippen LogP contribution in [0.2, 0.25) is 0 Å². The average molecular weight is 418 g/mol. The molecule has 2 aromatic carbocycles. The van der Waals surface area contributed by atoms with Gasteiger partial charge in [0.25, 0.3) is 5.69 Å². The number of aryl methyl sites for hydroxylation is 1. The Bertz CT molecular complexity index is 1020. The number of benzene rings is 2. The molecule has 0 spiro atoms. The number of anilines is 2. The third-order valence-corrected chi connectivity index (χ3v) is 5.86. The summed E-state index contributed by atoms with van der Waals surface area (Å²) in [5.74, 6) is -0.473. The van der Waals surface area contributed by atoms with E-state index in [2.05, 4.69) is 17.2 Å². The second kappa shape index (κ2) is 9.30. The van der Waals surface area contributed by atoms with Crippen molar-refractivity contribution in [3.05, 3.63) is 70.8 Å². The number of nitrogens with one attached hydrogen (secondary N) is 2. The van der Waals surface area contributed by atoms with Crippen LogP contribution in [0.3, 0.4) is 0 Å². The molecule has 0 aromatic heterocycles. The first-order valence-corrected chi connectivity index (χ1v) is 10.0. The summed E-state index contributed by atoms with van der Waals surface area (Å²) in [5.41, 5.74) is 1.17. The molecule has 0 saturated carbocycles. The molecule has 10 heteroatoms. The Kier molecular flexibility index (Phi) is 7.08. The molecule has 0 unspecified atom stereocenters. The maximum absolute atomic E-state index is 12.4. The summed E-state index contributed by atoms with van der Waals surface area (Å²) in [7, 11) is -2.16. The summed E-state index contributed by atoms with van der Waals surface area (Å²) < 4.78 is 25.9. The smallest absolute Gasteiger partial charge is 0.293 e. The number of nitro benzene ring substituents is 1. The van der Waals surface area contributed by atoms with Gasteiger partial charge in [-0.15, -0.1) is 6.58 Å². The van der Waals surface area contributed by atoms with E-state index in [1.807, 2.05) is 0 Å². The number of carbonyl (C=O) groups is 1. The quantitative estimate of drug-likeness (QED) is 0.367. The number of rotatable bonds is 9. The molecule has 0 bridgehead atoms. The highest BCUT2D eigenvalue weighted by atomic mass is 32.2. The van der Waals surface area contributed by atoms with E-state index in [1.165, 1.54) is 53.8 Å². The summed E-state index contributed by atoms with van der Waals surface area (Å²) in [6.45, 7) is 5.28. The Labute approximate surface area is 169 Å². The maximum atomic E-state index is 12.4. The van der Waals surface area contributed by atoms with Gasteiger partial charge < -0.3 is 10.6 Å². The van der Waals surface area contributed by atoms with Gasteiger partial charge in [0.1, 0.15) is 5.69 Å². The highest BCUT2D eigenvalue weighted by molar-refractivity contribution is 7.89. The van der Waals surface area contributed by atoms with E-state index < -0.39 is 20.9 Å². The van der Waals surface area contributed by atoms with Crippen LogP contribution in [0.4, 0.5) is 17.1 Å². The van der Waals surface area contributed by atoms with Crippen LogP contribution in [0, 0.1) is 17.0 Å². The molecule has 2 rings (SSSR count). The second-order valence-electron chi connectivity index (χ2n) is 6.28. The summed E-state index contributed by atoms with van der Waals surface area (Å²) in [6.07, 6.45) is 1.49. The highest BCUT2D eigenvalue weighted by Gasteiger charge is 2.19. The Morgan fingerprint density at radius 1 is 1.24 bits per heavy atom. The van der Waals surface area contributed by atoms with Crippen LogP contribution < -0.4 is 10.6 Å². The number of likely N-dealkylation sites (N-methyl/N-ethyl adjacent to an activating group) is 1. The van der Waals surface area contributed by atoms with Crippen molar-refractivity contribution in [3.8, 4) is 0 Å². The molecule has 1 amide bonds. The first kappa shape index (κ1) is 22.1. The SMILES string of the molecule is C=CCN(C)S(=O)(=O)c1ccc(NCC(=O)Nc2ccc(C)cc2[N+](=O)[O-])cc1. The summed E-state index contributed by atoms with van der Waals surface area (Å²) >= 11 is 0. The molecule has 0 heterocycles. The van der Waals surface area contributed by atoms with Gasteiger partial charge >= 0.3 is 0 Å². The molecule has 0 aliphatic heterocycles. The lowest BCUT2D eigenvalue weighted by Gasteiger charge is -2.15. The Balaban J connectivity index is 2.01. The van der Waals surface area contributed by atoms with Gasteiger partial charge in [-0.3, -0.25) is 14.9 Å². The zero-order valence-corrected chi connectivity index (χ0v) is 16.9. The second-order valence-corrected chi connectivity index (χ2v) is 8.32.